The SMILES string of the molecule is CCCc1nnc2n1N[C@@H](c1ccc(C)cc1)[C@@H](C(=O)Nc1cccc(Cl)c1C)S2. The van der Waals surface area contributed by atoms with Crippen LogP contribution in [0.3, 0.4) is 0 Å². The van der Waals surface area contributed by atoms with Crippen LogP contribution in [0.25, 0.3) is 0 Å². The van der Waals surface area contributed by atoms with Crippen molar-refractivity contribution in [3.8, 4) is 0 Å². The largest absolute Gasteiger partial charge is 0.325 e. The number of benzene rings is 2. The van der Waals surface area contributed by atoms with Gasteiger partial charge in [0.1, 0.15) is 5.25 Å². The van der Waals surface area contributed by atoms with E-state index in [4.69, 9.17) is 11.6 Å². The molecule has 2 aromatic carbocycles. The predicted molar refractivity (Wildman–Crippen MR) is 122 cm³/mol. The van der Waals surface area contributed by atoms with Crippen molar-refractivity contribution in [2.45, 2.75) is 50.1 Å². The van der Waals surface area contributed by atoms with E-state index in [0.29, 0.717) is 10.2 Å². The Balaban J connectivity index is 1.68. The molecule has 0 saturated carbocycles. The number of nitrogens with zero attached hydrogens (tertiary/aromatic N) is 3. The normalized spacial score (nSPS) is 17.9. The molecule has 1 aliphatic rings. The third-order valence-corrected chi connectivity index (χ3v) is 6.82. The van der Waals surface area contributed by atoms with Gasteiger partial charge in [0.15, 0.2) is 5.82 Å². The molecule has 0 aliphatic carbocycles. The maximum Gasteiger partial charge on any atom is 0.240 e. The van der Waals surface area contributed by atoms with Crippen molar-refractivity contribution >= 4 is 35.0 Å². The van der Waals surface area contributed by atoms with E-state index < -0.39 is 5.25 Å². The molecule has 0 bridgehead atoms. The molecule has 2 N–H and O–H groups in total. The first-order valence-electron chi connectivity index (χ1n) is 9.98. The first-order chi connectivity index (χ1) is 14.5. The van der Waals surface area contributed by atoms with Crippen LogP contribution in [0.1, 0.15) is 41.9 Å². The van der Waals surface area contributed by atoms with Crippen molar-refractivity contribution in [2.75, 3.05) is 10.7 Å². The molecule has 0 fully saturated rings. The highest BCUT2D eigenvalue weighted by Crippen LogP contribution is 2.38. The minimum absolute atomic E-state index is 0.102. The van der Waals surface area contributed by atoms with Crippen molar-refractivity contribution in [1.82, 2.24) is 14.9 Å². The minimum Gasteiger partial charge on any atom is -0.325 e. The molecule has 2 heterocycles. The lowest BCUT2D eigenvalue weighted by Gasteiger charge is -2.33. The Morgan fingerprint density at radius 3 is 2.70 bits per heavy atom. The first kappa shape index (κ1) is 20.8. The summed E-state index contributed by atoms with van der Waals surface area (Å²) in [5, 5.41) is 12.6. The van der Waals surface area contributed by atoms with E-state index in [-0.39, 0.29) is 11.9 Å². The first-order valence-corrected chi connectivity index (χ1v) is 11.2. The van der Waals surface area contributed by atoms with Crippen molar-refractivity contribution < 1.29 is 4.79 Å². The number of amides is 1. The number of halogens is 1. The number of carbonyl (C=O) groups is 1. The Bertz CT molecular complexity index is 1070. The molecule has 0 radical (unpaired) electrons. The van der Waals surface area contributed by atoms with Gasteiger partial charge in [-0.2, -0.15) is 0 Å². The van der Waals surface area contributed by atoms with Crippen LogP contribution in [0.15, 0.2) is 47.6 Å². The topological polar surface area (TPSA) is 71.8 Å². The highest BCUT2D eigenvalue weighted by Gasteiger charge is 2.37. The average molecular weight is 442 g/mol. The van der Waals surface area contributed by atoms with Crippen LogP contribution >= 0.6 is 23.4 Å². The number of anilines is 1. The third-order valence-electron chi connectivity index (χ3n) is 5.20. The van der Waals surface area contributed by atoms with Gasteiger partial charge in [-0.25, -0.2) is 4.68 Å². The second kappa shape index (κ2) is 8.70. The van der Waals surface area contributed by atoms with Gasteiger partial charge in [-0.05, 0) is 43.5 Å². The summed E-state index contributed by atoms with van der Waals surface area (Å²) in [6, 6.07) is 13.5. The Kier molecular flexibility index (Phi) is 6.01. The van der Waals surface area contributed by atoms with Crippen LogP contribution in [0.4, 0.5) is 5.69 Å². The summed E-state index contributed by atoms with van der Waals surface area (Å²) in [6.45, 7) is 6.06. The number of aryl methyl sites for hydroxylation is 2. The number of aromatic nitrogens is 3. The standard InChI is InChI=1S/C22H24ClN5OS/c1-4-6-18-25-26-22-28(18)27-19(15-11-9-13(2)10-12-15)20(30-22)21(29)24-17-8-5-7-16(23)14(17)3/h5,7-12,19-20,27H,4,6H2,1-3H3,(H,24,29)/t19-,20-/m0/s1. The van der Waals surface area contributed by atoms with Crippen molar-refractivity contribution in [1.29, 1.82) is 0 Å². The zero-order chi connectivity index (χ0) is 21.3. The van der Waals surface area contributed by atoms with E-state index in [9.17, 15) is 4.79 Å². The van der Waals surface area contributed by atoms with E-state index in [1.807, 2.05) is 29.8 Å². The molecule has 1 aromatic heterocycles. The van der Waals surface area contributed by atoms with E-state index in [1.165, 1.54) is 17.3 Å². The minimum atomic E-state index is -0.419. The van der Waals surface area contributed by atoms with E-state index >= 15 is 0 Å². The van der Waals surface area contributed by atoms with Gasteiger partial charge < -0.3 is 10.7 Å². The zero-order valence-corrected chi connectivity index (χ0v) is 18.7. The number of hydrogen-bond acceptors (Lipinski definition) is 5. The fourth-order valence-corrected chi connectivity index (χ4v) is 4.73. The molecule has 6 nitrogen and oxygen atoms in total. The van der Waals surface area contributed by atoms with Gasteiger partial charge in [0, 0.05) is 17.1 Å². The summed E-state index contributed by atoms with van der Waals surface area (Å²) in [5.41, 5.74) is 7.27. The monoisotopic (exact) mass is 441 g/mol. The van der Waals surface area contributed by atoms with E-state index in [1.54, 1.807) is 0 Å². The van der Waals surface area contributed by atoms with Gasteiger partial charge in [0.25, 0.3) is 0 Å². The van der Waals surface area contributed by atoms with Gasteiger partial charge >= 0.3 is 0 Å². The van der Waals surface area contributed by atoms with Gasteiger partial charge in [0.05, 0.1) is 6.04 Å². The smallest absolute Gasteiger partial charge is 0.240 e. The van der Waals surface area contributed by atoms with Crippen molar-refractivity contribution in [3.05, 3.63) is 70.0 Å². The number of nitrogens with one attached hydrogen (secondary N) is 2. The highest BCUT2D eigenvalue weighted by molar-refractivity contribution is 8.00. The molecule has 8 heteroatoms. The molecule has 1 amide bonds. The molecule has 156 valence electrons. The van der Waals surface area contributed by atoms with Crippen molar-refractivity contribution in [3.63, 3.8) is 0 Å². The summed E-state index contributed by atoms with van der Waals surface area (Å²) < 4.78 is 1.92. The fourth-order valence-electron chi connectivity index (χ4n) is 3.45. The Morgan fingerprint density at radius 2 is 1.97 bits per heavy atom. The van der Waals surface area contributed by atoms with Gasteiger partial charge in [0.2, 0.25) is 11.1 Å². The quantitative estimate of drug-likeness (QED) is 0.589. The predicted octanol–water partition coefficient (Wildman–Crippen LogP) is 4.90. The molecule has 0 saturated heterocycles. The van der Waals surface area contributed by atoms with Crippen LogP contribution in [0, 0.1) is 13.8 Å². The van der Waals surface area contributed by atoms with Gasteiger partial charge in [-0.1, -0.05) is 66.2 Å². The molecule has 4 rings (SSSR count). The average Bonchev–Trinajstić information content (AvgIpc) is 3.13. The van der Waals surface area contributed by atoms with Gasteiger partial charge in [-0.15, -0.1) is 10.2 Å². The van der Waals surface area contributed by atoms with Crippen LogP contribution < -0.4 is 10.7 Å². The zero-order valence-electron chi connectivity index (χ0n) is 17.1. The number of carbonyl (C=O) groups excluding carboxylic acids is 1. The second-order valence-corrected chi connectivity index (χ2v) is 8.96. The molecule has 3 aromatic rings. The number of thioether (sulfide) groups is 1. The Labute approximate surface area is 185 Å². The summed E-state index contributed by atoms with van der Waals surface area (Å²) in [4.78, 5) is 13.4. The summed E-state index contributed by atoms with van der Waals surface area (Å²) in [5.74, 6) is 0.774. The highest BCUT2D eigenvalue weighted by atomic mass is 35.5. The second-order valence-electron chi connectivity index (χ2n) is 7.44. The van der Waals surface area contributed by atoms with E-state index in [2.05, 4.69) is 59.1 Å². The molecule has 2 atom stereocenters. The lowest BCUT2D eigenvalue weighted by molar-refractivity contribution is -0.116. The molecule has 30 heavy (non-hydrogen) atoms. The lowest BCUT2D eigenvalue weighted by atomic mass is 10.0. The molecule has 0 unspecified atom stereocenters. The molecule has 1 aliphatic heterocycles. The Hall–Kier alpha value is -2.51. The van der Waals surface area contributed by atoms with Gasteiger partial charge in [-0.3, -0.25) is 4.79 Å². The van der Waals surface area contributed by atoms with Crippen LogP contribution in [0.5, 0.6) is 0 Å². The molecular weight excluding hydrogens is 418 g/mol. The number of fused-ring (bicyclic) bond motifs is 1. The summed E-state index contributed by atoms with van der Waals surface area (Å²) in [7, 11) is 0. The number of rotatable bonds is 5. The van der Waals surface area contributed by atoms with E-state index in [0.717, 1.165) is 35.5 Å². The van der Waals surface area contributed by atoms with Crippen LogP contribution in [-0.2, 0) is 11.2 Å². The number of hydrogen-bond donors (Lipinski definition) is 2. The summed E-state index contributed by atoms with van der Waals surface area (Å²) >= 11 is 7.66. The molecule has 0 spiro atoms. The maximum atomic E-state index is 13.4. The van der Waals surface area contributed by atoms with Crippen LogP contribution in [0.2, 0.25) is 5.02 Å². The Morgan fingerprint density at radius 1 is 1.20 bits per heavy atom. The van der Waals surface area contributed by atoms with Crippen molar-refractivity contribution in [2.24, 2.45) is 0 Å². The molecular formula is C22H24ClN5OS. The van der Waals surface area contributed by atoms with Crippen LogP contribution in [-0.4, -0.2) is 26.0 Å². The fraction of sp³-hybridized carbons (Fsp3) is 0.318. The third kappa shape index (κ3) is 4.04. The lowest BCUT2D eigenvalue weighted by Crippen LogP contribution is -2.41. The maximum absolute atomic E-state index is 13.4. The summed E-state index contributed by atoms with van der Waals surface area (Å²) in [6.07, 6.45) is 1.79.